The molecule has 0 spiro atoms. The first kappa shape index (κ1) is 13.3. The number of hydrogen-bond donors (Lipinski definition) is 4. The maximum absolute atomic E-state index is 10.1. The largest absolute Gasteiger partial charge is 0.392 e. The Labute approximate surface area is 118 Å². The Kier molecular flexibility index (Phi) is 3.09. The highest BCUT2D eigenvalue weighted by Crippen LogP contribution is 2.33. The van der Waals surface area contributed by atoms with Crippen molar-refractivity contribution < 1.29 is 15.3 Å². The maximum atomic E-state index is 10.1. The zero-order valence-electron chi connectivity index (χ0n) is 10.2. The molecule has 0 radical (unpaired) electrons. The van der Waals surface area contributed by atoms with Crippen LogP contribution in [0.15, 0.2) is 18.0 Å². The zero-order chi connectivity index (χ0) is 14.4. The van der Waals surface area contributed by atoms with Crippen LogP contribution in [0.5, 0.6) is 0 Å². The second-order valence-electron chi connectivity index (χ2n) is 4.52. The fourth-order valence-corrected chi connectivity index (χ4v) is 2.61. The molecule has 2 aromatic heterocycles. The molecular formula is C11H12ClN5O3. The van der Waals surface area contributed by atoms with Crippen LogP contribution in [0.3, 0.4) is 0 Å². The molecule has 0 aliphatic heterocycles. The lowest BCUT2D eigenvalue weighted by atomic mass is 10.1. The Morgan fingerprint density at radius 2 is 2.10 bits per heavy atom. The molecule has 0 bridgehead atoms. The molecular weight excluding hydrogens is 286 g/mol. The molecule has 8 nitrogen and oxygen atoms in total. The summed E-state index contributed by atoms with van der Waals surface area (Å²) in [6.45, 7) is -0.348. The zero-order valence-corrected chi connectivity index (χ0v) is 10.9. The van der Waals surface area contributed by atoms with E-state index < -0.39 is 18.2 Å². The first-order valence-electron chi connectivity index (χ1n) is 5.86. The lowest BCUT2D eigenvalue weighted by Crippen LogP contribution is -2.30. The average molecular weight is 298 g/mol. The molecule has 0 saturated heterocycles. The van der Waals surface area contributed by atoms with Gasteiger partial charge >= 0.3 is 0 Å². The number of nitrogen functional groups attached to an aromatic ring is 1. The van der Waals surface area contributed by atoms with E-state index in [0.29, 0.717) is 16.6 Å². The summed E-state index contributed by atoms with van der Waals surface area (Å²) in [6.07, 6.45) is 0.506. The Hall–Kier alpha value is -1.74. The van der Waals surface area contributed by atoms with Crippen molar-refractivity contribution in [2.75, 3.05) is 12.3 Å². The van der Waals surface area contributed by atoms with Gasteiger partial charge in [0, 0.05) is 0 Å². The molecule has 0 fully saturated rings. The normalized spacial score (nSPS) is 26.2. The van der Waals surface area contributed by atoms with Gasteiger partial charge < -0.3 is 21.1 Å². The molecule has 3 atom stereocenters. The monoisotopic (exact) mass is 297 g/mol. The quantitative estimate of drug-likeness (QED) is 0.537. The van der Waals surface area contributed by atoms with Crippen molar-refractivity contribution in [3.8, 4) is 0 Å². The third-order valence-electron chi connectivity index (χ3n) is 3.38. The van der Waals surface area contributed by atoms with Gasteiger partial charge in [0.1, 0.15) is 35.8 Å². The first-order chi connectivity index (χ1) is 9.54. The van der Waals surface area contributed by atoms with Crippen LogP contribution in [-0.2, 0) is 0 Å². The van der Waals surface area contributed by atoms with E-state index in [1.807, 2.05) is 0 Å². The molecule has 0 aromatic carbocycles. The summed E-state index contributed by atoms with van der Waals surface area (Å²) in [6, 6.07) is -0.684. The molecule has 9 heteroatoms. The minimum Gasteiger partial charge on any atom is -0.392 e. The summed E-state index contributed by atoms with van der Waals surface area (Å²) in [5.74, 6) is 0.186. The first-order valence-corrected chi connectivity index (χ1v) is 6.24. The van der Waals surface area contributed by atoms with Gasteiger partial charge in [0.05, 0.1) is 6.61 Å². The molecule has 0 unspecified atom stereocenters. The summed E-state index contributed by atoms with van der Waals surface area (Å²) in [4.78, 5) is 7.89. The van der Waals surface area contributed by atoms with Gasteiger partial charge in [-0.2, -0.15) is 5.10 Å². The minimum absolute atomic E-state index is 0.116. The average Bonchev–Trinajstić information content (AvgIpc) is 2.90. The Bertz CT molecular complexity index is 701. The number of aliphatic hydroxyl groups is 3. The van der Waals surface area contributed by atoms with Crippen molar-refractivity contribution in [2.45, 2.75) is 18.2 Å². The van der Waals surface area contributed by atoms with Crippen molar-refractivity contribution in [1.82, 2.24) is 19.7 Å². The number of nitrogens with two attached hydrogens (primary N) is 1. The van der Waals surface area contributed by atoms with E-state index in [0.717, 1.165) is 0 Å². The summed E-state index contributed by atoms with van der Waals surface area (Å²) in [7, 11) is 0. The number of aliphatic hydroxyl groups excluding tert-OH is 3. The molecule has 20 heavy (non-hydrogen) atoms. The minimum atomic E-state index is -1.15. The summed E-state index contributed by atoms with van der Waals surface area (Å²) in [5, 5.41) is 33.6. The molecule has 2 aromatic rings. The third-order valence-corrected chi connectivity index (χ3v) is 3.64. The lowest BCUT2D eigenvalue weighted by Gasteiger charge is -2.17. The molecule has 5 N–H and O–H groups in total. The topological polar surface area (TPSA) is 130 Å². The van der Waals surface area contributed by atoms with Crippen LogP contribution in [0.4, 0.5) is 5.82 Å². The van der Waals surface area contributed by atoms with Crippen LogP contribution in [-0.4, -0.2) is 53.9 Å². The van der Waals surface area contributed by atoms with Gasteiger partial charge in [-0.3, -0.25) is 0 Å². The van der Waals surface area contributed by atoms with E-state index in [1.54, 1.807) is 0 Å². The van der Waals surface area contributed by atoms with Crippen molar-refractivity contribution in [3.05, 3.63) is 23.1 Å². The number of nitrogens with zero attached hydrogens (tertiary/aromatic N) is 4. The van der Waals surface area contributed by atoms with Crippen molar-refractivity contribution >= 4 is 28.5 Å². The smallest absolute Gasteiger partial charge is 0.165 e. The predicted molar refractivity (Wildman–Crippen MR) is 71.0 cm³/mol. The van der Waals surface area contributed by atoms with E-state index in [2.05, 4.69) is 15.1 Å². The SMILES string of the molecule is Nc1ncnc2c1c(Cl)nn2[C@@H]1C=C(CO)[C@@H](O)[C@H]1O. The second kappa shape index (κ2) is 4.67. The van der Waals surface area contributed by atoms with Gasteiger partial charge in [-0.15, -0.1) is 0 Å². The fourth-order valence-electron chi connectivity index (χ4n) is 2.34. The van der Waals surface area contributed by atoms with Crippen molar-refractivity contribution in [3.63, 3.8) is 0 Å². The molecule has 3 rings (SSSR count). The van der Waals surface area contributed by atoms with E-state index in [1.165, 1.54) is 17.1 Å². The van der Waals surface area contributed by atoms with Crippen LogP contribution in [0.25, 0.3) is 11.0 Å². The van der Waals surface area contributed by atoms with Gasteiger partial charge in [0.2, 0.25) is 0 Å². The van der Waals surface area contributed by atoms with E-state index >= 15 is 0 Å². The summed E-state index contributed by atoms with van der Waals surface area (Å²) < 4.78 is 1.37. The Morgan fingerprint density at radius 1 is 1.35 bits per heavy atom. The summed E-state index contributed by atoms with van der Waals surface area (Å²) in [5.41, 5.74) is 6.41. The molecule has 0 amide bonds. The van der Waals surface area contributed by atoms with Gasteiger partial charge in [-0.1, -0.05) is 17.7 Å². The molecule has 106 valence electrons. The summed E-state index contributed by atoms with van der Waals surface area (Å²) >= 11 is 6.01. The van der Waals surface area contributed by atoms with Gasteiger partial charge in [0.25, 0.3) is 0 Å². The van der Waals surface area contributed by atoms with E-state index in [9.17, 15) is 10.2 Å². The number of fused-ring (bicyclic) bond motifs is 1. The maximum Gasteiger partial charge on any atom is 0.165 e. The highest BCUT2D eigenvalue weighted by Gasteiger charge is 2.37. The highest BCUT2D eigenvalue weighted by atomic mass is 35.5. The van der Waals surface area contributed by atoms with Gasteiger partial charge in [0.15, 0.2) is 10.8 Å². The standard InChI is InChI=1S/C11H12ClN5O3/c12-9-6-10(13)14-3-15-11(6)17(16-9)5-1-4(2-18)7(19)8(5)20/h1,3,5,7-8,18-20H,2H2,(H2,13,14,15)/t5-,7-,8+/m1/s1. The third kappa shape index (κ3) is 1.77. The van der Waals surface area contributed by atoms with Gasteiger partial charge in [-0.25, -0.2) is 14.6 Å². The Balaban J connectivity index is 2.17. The second-order valence-corrected chi connectivity index (χ2v) is 4.88. The van der Waals surface area contributed by atoms with E-state index in [4.69, 9.17) is 22.4 Å². The number of aromatic nitrogens is 4. The molecule has 1 aliphatic rings. The van der Waals surface area contributed by atoms with Crippen LogP contribution < -0.4 is 5.73 Å². The van der Waals surface area contributed by atoms with Crippen LogP contribution in [0.1, 0.15) is 6.04 Å². The number of anilines is 1. The van der Waals surface area contributed by atoms with Gasteiger partial charge in [-0.05, 0) is 5.57 Å². The fraction of sp³-hybridized carbons (Fsp3) is 0.364. The number of halogens is 1. The van der Waals surface area contributed by atoms with Crippen molar-refractivity contribution in [2.24, 2.45) is 0 Å². The molecule has 1 aliphatic carbocycles. The van der Waals surface area contributed by atoms with Crippen LogP contribution in [0, 0.1) is 0 Å². The Morgan fingerprint density at radius 3 is 2.75 bits per heavy atom. The van der Waals surface area contributed by atoms with Crippen LogP contribution in [0.2, 0.25) is 5.15 Å². The number of rotatable bonds is 2. The van der Waals surface area contributed by atoms with Crippen LogP contribution >= 0.6 is 11.6 Å². The van der Waals surface area contributed by atoms with Crippen molar-refractivity contribution in [1.29, 1.82) is 0 Å². The molecule has 2 heterocycles. The predicted octanol–water partition coefficient (Wildman–Crippen LogP) is -0.743. The number of hydrogen-bond acceptors (Lipinski definition) is 7. The van der Waals surface area contributed by atoms with E-state index in [-0.39, 0.29) is 17.6 Å². The lowest BCUT2D eigenvalue weighted by molar-refractivity contribution is 0.0264. The highest BCUT2D eigenvalue weighted by molar-refractivity contribution is 6.35. The molecule has 0 saturated carbocycles.